The monoisotopic (exact) mass is 516 g/mol. The van der Waals surface area contributed by atoms with Crippen LogP contribution in [0.15, 0.2) is 106 Å². The molecule has 9 heteroatoms. The molecule has 1 aliphatic rings. The number of methoxy groups -OCH3 is 1. The fourth-order valence-electron chi connectivity index (χ4n) is 3.93. The lowest BCUT2D eigenvalue weighted by molar-refractivity contribution is 0.0734. The van der Waals surface area contributed by atoms with Gasteiger partial charge in [0, 0.05) is 17.8 Å². The lowest BCUT2D eigenvalue weighted by atomic mass is 10.1. The molecule has 37 heavy (non-hydrogen) atoms. The normalized spacial score (nSPS) is 13.4. The minimum atomic E-state index is -3.84. The first-order chi connectivity index (χ1) is 17.8. The van der Waals surface area contributed by atoms with E-state index in [0.717, 1.165) is 5.56 Å². The molecule has 0 radical (unpaired) electrons. The molecule has 0 saturated carbocycles. The fraction of sp³-hybridized carbons (Fsp3) is 0.0714. The first-order valence-electron chi connectivity index (χ1n) is 11.3. The summed E-state index contributed by atoms with van der Waals surface area (Å²) >= 11 is 0. The van der Waals surface area contributed by atoms with Crippen LogP contribution in [0.5, 0.6) is 11.5 Å². The number of esters is 1. The third-order valence-corrected chi connectivity index (χ3v) is 7.13. The van der Waals surface area contributed by atoms with Crippen LogP contribution < -0.4 is 14.4 Å². The Kier molecular flexibility index (Phi) is 6.45. The Bertz CT molecular complexity index is 1580. The largest absolute Gasteiger partial charge is 0.497 e. The van der Waals surface area contributed by atoms with E-state index in [1.165, 1.54) is 30.3 Å². The molecule has 0 aromatic heterocycles. The summed E-state index contributed by atoms with van der Waals surface area (Å²) in [5, 5.41) is 0. The van der Waals surface area contributed by atoms with Crippen molar-refractivity contribution in [1.29, 1.82) is 0 Å². The van der Waals surface area contributed by atoms with Crippen LogP contribution in [0.2, 0.25) is 0 Å². The molecular weight excluding hydrogens is 495 g/mol. The Hall–Kier alpha value is -4.50. The van der Waals surface area contributed by atoms with E-state index in [-0.39, 0.29) is 16.2 Å². The highest BCUT2D eigenvalue weighted by molar-refractivity contribution is 7.90. The van der Waals surface area contributed by atoms with Gasteiger partial charge in [0.1, 0.15) is 22.2 Å². The summed E-state index contributed by atoms with van der Waals surface area (Å²) in [6.45, 7) is 0.321. The maximum atomic E-state index is 13.1. The number of benzene rings is 4. The van der Waals surface area contributed by atoms with E-state index < -0.39 is 21.8 Å². The maximum absolute atomic E-state index is 13.1. The Balaban J connectivity index is 1.47. The van der Waals surface area contributed by atoms with E-state index in [4.69, 9.17) is 9.47 Å². The zero-order valence-electron chi connectivity index (χ0n) is 19.7. The van der Waals surface area contributed by atoms with Crippen molar-refractivity contribution in [2.75, 3.05) is 12.0 Å². The summed E-state index contributed by atoms with van der Waals surface area (Å²) in [4.78, 5) is 14.3. The standard InChI is InChI=1S/C28H21FN2O5S/c1-35-23-14-6-19(7-15-23)18-31(27-25-4-2-3-5-26(25)37(33,34)30-27)22-12-16-24(17-13-22)36-28(32)20-8-10-21(29)11-9-20/h2-17H,18H2,1H3. The van der Waals surface area contributed by atoms with Crippen LogP contribution in [0.3, 0.4) is 0 Å². The van der Waals surface area contributed by atoms with Crippen LogP contribution in [-0.4, -0.2) is 27.3 Å². The Labute approximate surface area is 213 Å². The molecule has 7 nitrogen and oxygen atoms in total. The molecule has 0 N–H and O–H groups in total. The highest BCUT2D eigenvalue weighted by Gasteiger charge is 2.32. The smallest absolute Gasteiger partial charge is 0.343 e. The third kappa shape index (κ3) is 5.07. The van der Waals surface area contributed by atoms with Crippen molar-refractivity contribution in [3.63, 3.8) is 0 Å². The molecule has 1 heterocycles. The van der Waals surface area contributed by atoms with Gasteiger partial charge >= 0.3 is 5.97 Å². The second-order valence-corrected chi connectivity index (χ2v) is 9.78. The first-order valence-corrected chi connectivity index (χ1v) is 12.7. The van der Waals surface area contributed by atoms with E-state index in [1.54, 1.807) is 54.5 Å². The van der Waals surface area contributed by atoms with E-state index >= 15 is 0 Å². The van der Waals surface area contributed by atoms with Crippen LogP contribution in [0.4, 0.5) is 10.1 Å². The zero-order chi connectivity index (χ0) is 26.0. The predicted octanol–water partition coefficient (Wildman–Crippen LogP) is 5.21. The number of hydrogen-bond donors (Lipinski definition) is 0. The molecule has 0 atom stereocenters. The van der Waals surface area contributed by atoms with Gasteiger partial charge in [-0.25, -0.2) is 9.18 Å². The Morgan fingerprint density at radius 3 is 2.19 bits per heavy atom. The molecule has 0 unspecified atom stereocenters. The van der Waals surface area contributed by atoms with Gasteiger partial charge in [0.15, 0.2) is 5.84 Å². The van der Waals surface area contributed by atoms with E-state index in [0.29, 0.717) is 29.4 Å². The van der Waals surface area contributed by atoms with Crippen molar-refractivity contribution < 1.29 is 27.1 Å². The van der Waals surface area contributed by atoms with Crippen LogP contribution >= 0.6 is 0 Å². The first kappa shape index (κ1) is 24.2. The lowest BCUT2D eigenvalue weighted by Crippen LogP contribution is -2.30. The Morgan fingerprint density at radius 2 is 1.51 bits per heavy atom. The van der Waals surface area contributed by atoms with Crippen LogP contribution in [0.1, 0.15) is 21.5 Å². The lowest BCUT2D eigenvalue weighted by Gasteiger charge is -2.25. The molecule has 0 bridgehead atoms. The number of carbonyl (C=O) groups is 1. The highest BCUT2D eigenvalue weighted by atomic mass is 32.2. The molecule has 0 fully saturated rings. The number of sulfonamides is 1. The topological polar surface area (TPSA) is 85.3 Å². The van der Waals surface area contributed by atoms with Crippen LogP contribution in [0.25, 0.3) is 0 Å². The molecule has 5 rings (SSSR count). The number of halogens is 1. The number of ether oxygens (including phenoxy) is 2. The summed E-state index contributed by atoms with van der Waals surface area (Å²) in [6.07, 6.45) is 0. The number of nitrogens with zero attached hydrogens (tertiary/aromatic N) is 2. The second-order valence-electron chi connectivity index (χ2n) is 8.21. The second kappa shape index (κ2) is 9.87. The van der Waals surface area contributed by atoms with Gasteiger partial charge < -0.3 is 14.4 Å². The summed E-state index contributed by atoms with van der Waals surface area (Å²) < 4.78 is 53.4. The number of rotatable bonds is 6. The summed E-state index contributed by atoms with van der Waals surface area (Å²) in [5.41, 5.74) is 2.26. The number of hydrogen-bond acceptors (Lipinski definition) is 6. The minimum Gasteiger partial charge on any atom is -0.497 e. The van der Waals surface area contributed by atoms with Crippen LogP contribution in [0, 0.1) is 5.82 Å². The average molecular weight is 517 g/mol. The number of fused-ring (bicyclic) bond motifs is 1. The number of carbonyl (C=O) groups excluding carboxylic acids is 1. The molecule has 1 aliphatic heterocycles. The Morgan fingerprint density at radius 1 is 0.865 bits per heavy atom. The predicted molar refractivity (Wildman–Crippen MR) is 137 cm³/mol. The number of amidine groups is 1. The van der Waals surface area contributed by atoms with E-state index in [9.17, 15) is 17.6 Å². The van der Waals surface area contributed by atoms with Crippen molar-refractivity contribution >= 4 is 27.5 Å². The molecule has 0 amide bonds. The van der Waals surface area contributed by atoms with Gasteiger partial charge in [0.2, 0.25) is 0 Å². The summed E-state index contributed by atoms with van der Waals surface area (Å²) in [7, 11) is -2.25. The van der Waals surface area contributed by atoms with Crippen molar-refractivity contribution in [1.82, 2.24) is 0 Å². The summed E-state index contributed by atoms with van der Waals surface area (Å²) in [6, 6.07) is 25.8. The fourth-order valence-corrected chi connectivity index (χ4v) is 5.14. The quantitative estimate of drug-likeness (QED) is 0.258. The maximum Gasteiger partial charge on any atom is 0.343 e. The van der Waals surface area contributed by atoms with Crippen molar-refractivity contribution in [3.05, 3.63) is 120 Å². The molecule has 0 aliphatic carbocycles. The van der Waals surface area contributed by atoms with Gasteiger partial charge in [-0.2, -0.15) is 8.42 Å². The number of anilines is 1. The van der Waals surface area contributed by atoms with Gasteiger partial charge in [-0.3, -0.25) is 0 Å². The SMILES string of the molecule is COc1ccc(CN(C2=NS(=O)(=O)c3ccccc32)c2ccc(OC(=O)c3ccc(F)cc3)cc2)cc1. The van der Waals surface area contributed by atoms with Crippen molar-refractivity contribution in [3.8, 4) is 11.5 Å². The minimum absolute atomic E-state index is 0.148. The molecule has 0 saturated heterocycles. The average Bonchev–Trinajstić information content (AvgIpc) is 3.19. The molecule has 186 valence electrons. The molecule has 0 spiro atoms. The van der Waals surface area contributed by atoms with E-state index in [2.05, 4.69) is 4.40 Å². The van der Waals surface area contributed by atoms with Gasteiger partial charge in [0.05, 0.1) is 12.7 Å². The molecule has 4 aromatic carbocycles. The van der Waals surface area contributed by atoms with Gasteiger partial charge in [-0.15, -0.1) is 4.40 Å². The van der Waals surface area contributed by atoms with Crippen molar-refractivity contribution in [2.24, 2.45) is 4.40 Å². The van der Waals surface area contributed by atoms with Gasteiger partial charge in [-0.1, -0.05) is 24.3 Å². The van der Waals surface area contributed by atoms with Crippen LogP contribution in [-0.2, 0) is 16.6 Å². The van der Waals surface area contributed by atoms with E-state index in [1.807, 2.05) is 24.3 Å². The zero-order valence-corrected chi connectivity index (χ0v) is 20.5. The summed E-state index contributed by atoms with van der Waals surface area (Å²) in [5.74, 6) is 0.208. The van der Waals surface area contributed by atoms with Gasteiger partial charge in [-0.05, 0) is 78.4 Å². The molecule has 4 aromatic rings. The van der Waals surface area contributed by atoms with Crippen molar-refractivity contribution in [2.45, 2.75) is 11.4 Å². The highest BCUT2D eigenvalue weighted by Crippen LogP contribution is 2.32. The third-order valence-electron chi connectivity index (χ3n) is 5.81. The van der Waals surface area contributed by atoms with Gasteiger partial charge in [0.25, 0.3) is 10.0 Å². The molecular formula is C28H21FN2O5S.